The summed E-state index contributed by atoms with van der Waals surface area (Å²) in [5, 5.41) is 27.4. The van der Waals surface area contributed by atoms with Crippen molar-refractivity contribution in [3.63, 3.8) is 0 Å². The van der Waals surface area contributed by atoms with Gasteiger partial charge < -0.3 is 29.8 Å². The summed E-state index contributed by atoms with van der Waals surface area (Å²) in [5.41, 5.74) is 8.98. The van der Waals surface area contributed by atoms with Gasteiger partial charge in [-0.3, -0.25) is 5.10 Å². The molecule has 0 aliphatic carbocycles. The third kappa shape index (κ3) is 3.24. The van der Waals surface area contributed by atoms with Crippen molar-refractivity contribution in [2.75, 3.05) is 21.3 Å². The lowest BCUT2D eigenvalue weighted by Gasteiger charge is -2.25. The Morgan fingerprint density at radius 3 is 2.29 bits per heavy atom. The minimum absolute atomic E-state index is 0.0428. The summed E-state index contributed by atoms with van der Waals surface area (Å²) in [4.78, 5) is 0. The van der Waals surface area contributed by atoms with Gasteiger partial charge >= 0.3 is 0 Å². The Morgan fingerprint density at radius 1 is 1.10 bits per heavy atom. The van der Waals surface area contributed by atoms with Gasteiger partial charge in [-0.25, -0.2) is 0 Å². The number of H-pyrrole nitrogens is 1. The number of nitrogens with two attached hydrogens (primary N) is 1. The quantitative estimate of drug-likeness (QED) is 0.573. The number of ether oxygens (including phenoxy) is 4. The van der Waals surface area contributed by atoms with E-state index in [-0.39, 0.29) is 34.6 Å². The average molecular weight is 420 g/mol. The number of hydrogen-bond acceptors (Lipinski definition) is 8. The number of aromatic nitrogens is 2. The highest BCUT2D eigenvalue weighted by Gasteiger charge is 2.36. The van der Waals surface area contributed by atoms with E-state index in [2.05, 4.69) is 16.3 Å². The maximum atomic E-state index is 10.3. The molecule has 0 radical (unpaired) electrons. The Morgan fingerprint density at radius 2 is 1.74 bits per heavy atom. The van der Waals surface area contributed by atoms with E-state index < -0.39 is 5.92 Å². The van der Waals surface area contributed by atoms with Crippen LogP contribution in [0.2, 0.25) is 0 Å². The summed E-state index contributed by atoms with van der Waals surface area (Å²) in [5.74, 6) is 0.560. The average Bonchev–Trinajstić information content (AvgIpc) is 3.21. The second-order valence-electron chi connectivity index (χ2n) is 6.74. The number of benzene rings is 2. The zero-order chi connectivity index (χ0) is 22.1. The number of allylic oxidation sites excluding steroid dienone is 1. The van der Waals surface area contributed by atoms with Crippen LogP contribution in [0.1, 0.15) is 17.0 Å². The van der Waals surface area contributed by atoms with Gasteiger partial charge in [-0.05, 0) is 42.0 Å². The maximum Gasteiger partial charge on any atom is 0.244 e. The van der Waals surface area contributed by atoms with Crippen LogP contribution in [0.4, 0.5) is 0 Å². The van der Waals surface area contributed by atoms with Crippen molar-refractivity contribution >= 4 is 0 Å². The minimum atomic E-state index is -0.631. The van der Waals surface area contributed by atoms with Crippen LogP contribution >= 0.6 is 0 Å². The lowest BCUT2D eigenvalue weighted by molar-refractivity contribution is 0.338. The summed E-state index contributed by atoms with van der Waals surface area (Å²) in [7, 11) is 4.46. The predicted octanol–water partition coefficient (Wildman–Crippen LogP) is 3.03. The van der Waals surface area contributed by atoms with Crippen LogP contribution in [0.3, 0.4) is 0 Å². The van der Waals surface area contributed by atoms with Crippen LogP contribution in [0.5, 0.6) is 28.9 Å². The number of phenols is 1. The molecule has 0 saturated heterocycles. The number of nitriles is 1. The summed E-state index contributed by atoms with van der Waals surface area (Å²) in [6.07, 6.45) is 0. The fraction of sp³-hybridized carbons (Fsp3) is 0.182. The molecule has 4 rings (SSSR count). The Balaban J connectivity index is 1.95. The number of aromatic hydroxyl groups is 1. The van der Waals surface area contributed by atoms with E-state index in [9.17, 15) is 10.4 Å². The van der Waals surface area contributed by atoms with Gasteiger partial charge in [0, 0.05) is 5.56 Å². The van der Waals surface area contributed by atoms with Crippen molar-refractivity contribution in [2.24, 2.45) is 5.73 Å². The van der Waals surface area contributed by atoms with Crippen LogP contribution in [0, 0.1) is 11.3 Å². The van der Waals surface area contributed by atoms with Gasteiger partial charge in [0.15, 0.2) is 11.5 Å². The molecule has 1 aromatic heterocycles. The molecule has 1 aliphatic heterocycles. The molecular weight excluding hydrogens is 400 g/mol. The van der Waals surface area contributed by atoms with Gasteiger partial charge in [0.25, 0.3) is 0 Å². The van der Waals surface area contributed by atoms with E-state index in [4.69, 9.17) is 24.7 Å². The van der Waals surface area contributed by atoms with Gasteiger partial charge in [0.1, 0.15) is 17.4 Å². The fourth-order valence-corrected chi connectivity index (χ4v) is 3.64. The molecule has 2 aromatic carbocycles. The fourth-order valence-electron chi connectivity index (χ4n) is 3.64. The van der Waals surface area contributed by atoms with Gasteiger partial charge in [-0.1, -0.05) is 0 Å². The largest absolute Gasteiger partial charge is 0.502 e. The third-order valence-corrected chi connectivity index (χ3v) is 5.15. The number of nitrogens with zero attached hydrogens (tertiary/aromatic N) is 2. The zero-order valence-corrected chi connectivity index (χ0v) is 17.1. The van der Waals surface area contributed by atoms with E-state index >= 15 is 0 Å². The van der Waals surface area contributed by atoms with Gasteiger partial charge in [-0.15, -0.1) is 5.10 Å². The molecule has 0 bridgehead atoms. The molecule has 0 unspecified atom stereocenters. The first-order valence-electron chi connectivity index (χ1n) is 9.27. The third-order valence-electron chi connectivity index (χ3n) is 5.15. The van der Waals surface area contributed by atoms with Gasteiger partial charge in [0.05, 0.1) is 38.5 Å². The lowest BCUT2D eigenvalue weighted by Crippen LogP contribution is -2.21. The van der Waals surface area contributed by atoms with E-state index in [1.54, 1.807) is 19.2 Å². The first kappa shape index (κ1) is 20.0. The van der Waals surface area contributed by atoms with Crippen LogP contribution < -0.4 is 24.7 Å². The van der Waals surface area contributed by atoms with E-state index in [0.717, 1.165) is 5.56 Å². The number of aromatic amines is 1. The molecule has 31 heavy (non-hydrogen) atoms. The number of methoxy groups -OCH3 is 3. The molecule has 4 N–H and O–H groups in total. The second-order valence-corrected chi connectivity index (χ2v) is 6.74. The van der Waals surface area contributed by atoms with Crippen LogP contribution in [-0.2, 0) is 0 Å². The summed E-state index contributed by atoms with van der Waals surface area (Å²) in [6, 6.07) is 12.8. The standard InChI is InChI=1S/C22H20N4O5/c1-28-13-6-4-11(5-7-13)19-18-17(14(10-23)21(24)31-22(18)26-25-19)12-8-15(29-2)20(27)16(9-12)30-3/h4-9,17,27H,24H2,1-3H3,(H,25,26)/t17-/m1/s1. The van der Waals surface area contributed by atoms with Crippen molar-refractivity contribution in [3.8, 4) is 46.2 Å². The van der Waals surface area contributed by atoms with Crippen LogP contribution in [0.15, 0.2) is 47.9 Å². The van der Waals surface area contributed by atoms with Crippen molar-refractivity contribution < 1.29 is 24.1 Å². The molecule has 0 saturated carbocycles. The second kappa shape index (κ2) is 7.84. The summed E-state index contributed by atoms with van der Waals surface area (Å²) in [6.45, 7) is 0. The Bertz CT molecular complexity index is 1180. The van der Waals surface area contributed by atoms with Gasteiger partial charge in [-0.2, -0.15) is 5.26 Å². The highest BCUT2D eigenvalue weighted by atomic mass is 16.5. The van der Waals surface area contributed by atoms with Crippen molar-refractivity contribution in [3.05, 3.63) is 59.0 Å². The first-order valence-corrected chi connectivity index (χ1v) is 9.27. The highest BCUT2D eigenvalue weighted by molar-refractivity contribution is 5.72. The van der Waals surface area contributed by atoms with Gasteiger partial charge in [0.2, 0.25) is 17.5 Å². The maximum absolute atomic E-state index is 10.3. The lowest BCUT2D eigenvalue weighted by atomic mass is 9.82. The predicted molar refractivity (Wildman–Crippen MR) is 111 cm³/mol. The summed E-state index contributed by atoms with van der Waals surface area (Å²) >= 11 is 0. The smallest absolute Gasteiger partial charge is 0.244 e. The van der Waals surface area contributed by atoms with E-state index in [1.807, 2.05) is 24.3 Å². The normalized spacial score (nSPS) is 15.0. The number of phenolic OH excluding ortho intramolecular Hbond substituents is 1. The zero-order valence-electron chi connectivity index (χ0n) is 17.1. The molecule has 0 spiro atoms. The molecule has 9 nitrogen and oxygen atoms in total. The molecule has 0 fully saturated rings. The topological polar surface area (TPSA) is 136 Å². The minimum Gasteiger partial charge on any atom is -0.502 e. The first-order chi connectivity index (χ1) is 15.0. The van der Waals surface area contributed by atoms with E-state index in [1.165, 1.54) is 14.2 Å². The number of hydrogen-bond donors (Lipinski definition) is 3. The molecule has 9 heteroatoms. The molecule has 1 atom stereocenters. The number of nitrogens with one attached hydrogen (secondary N) is 1. The van der Waals surface area contributed by atoms with E-state index in [0.29, 0.717) is 22.6 Å². The monoisotopic (exact) mass is 420 g/mol. The molecule has 3 aromatic rings. The number of fused-ring (bicyclic) bond motifs is 1. The highest BCUT2D eigenvalue weighted by Crippen LogP contribution is 2.48. The molecular formula is C22H20N4O5. The summed E-state index contributed by atoms with van der Waals surface area (Å²) < 4.78 is 21.4. The Hall–Kier alpha value is -4.32. The SMILES string of the molecule is COc1ccc(-c2[nH]nc3c2[C@H](c2cc(OC)c(O)c(OC)c2)C(C#N)=C(N)O3)cc1. The van der Waals surface area contributed by atoms with Crippen molar-refractivity contribution in [2.45, 2.75) is 5.92 Å². The molecule has 2 heterocycles. The van der Waals surface area contributed by atoms with Crippen molar-refractivity contribution in [1.29, 1.82) is 5.26 Å². The van der Waals surface area contributed by atoms with Crippen molar-refractivity contribution in [1.82, 2.24) is 10.2 Å². The van der Waals surface area contributed by atoms with Crippen LogP contribution in [0.25, 0.3) is 11.3 Å². The van der Waals surface area contributed by atoms with Crippen LogP contribution in [-0.4, -0.2) is 36.6 Å². The Kier molecular flexibility index (Phi) is 5.05. The Labute approximate surface area is 178 Å². The number of rotatable bonds is 5. The molecule has 1 aliphatic rings. The molecule has 158 valence electrons. The molecule has 0 amide bonds.